The van der Waals surface area contributed by atoms with Crippen molar-refractivity contribution in [3.8, 4) is 0 Å². The predicted octanol–water partition coefficient (Wildman–Crippen LogP) is 0.686. The van der Waals surface area contributed by atoms with Crippen molar-refractivity contribution in [3.63, 3.8) is 0 Å². The number of nitrogens with zero attached hydrogens (tertiary/aromatic N) is 3. The molecule has 9 heteroatoms. The molecule has 154 valence electrons. The zero-order valence-corrected chi connectivity index (χ0v) is 17.2. The lowest BCUT2D eigenvalue weighted by Gasteiger charge is -2.33. The number of ether oxygens (including phenoxy) is 1. The standard InChI is InChI=1S/C19H27N3O5S/c1-27-11-10-22-13-15(12-17(22)23)19(24)21-8-5-14(6-9-21)18-16(28(2,25)26)4-3-7-20-18/h3-4,7,14-15H,5-6,8-13H2,1-2H3. The molecular formula is C19H27N3O5S. The average molecular weight is 410 g/mol. The molecule has 0 radical (unpaired) electrons. The highest BCUT2D eigenvalue weighted by atomic mass is 32.2. The molecule has 3 heterocycles. The van der Waals surface area contributed by atoms with Crippen molar-refractivity contribution in [2.45, 2.75) is 30.1 Å². The Morgan fingerprint density at radius 2 is 2.04 bits per heavy atom. The molecule has 1 unspecified atom stereocenters. The number of hydrogen-bond donors (Lipinski definition) is 0. The fraction of sp³-hybridized carbons (Fsp3) is 0.632. The van der Waals surface area contributed by atoms with Crippen LogP contribution in [0.15, 0.2) is 23.2 Å². The number of amides is 2. The second-order valence-electron chi connectivity index (χ2n) is 7.49. The molecule has 2 aliphatic heterocycles. The minimum Gasteiger partial charge on any atom is -0.383 e. The van der Waals surface area contributed by atoms with Gasteiger partial charge < -0.3 is 14.5 Å². The molecule has 0 aromatic carbocycles. The van der Waals surface area contributed by atoms with Crippen LogP contribution in [0.2, 0.25) is 0 Å². The average Bonchev–Trinajstić information content (AvgIpc) is 3.06. The van der Waals surface area contributed by atoms with Gasteiger partial charge in [0.1, 0.15) is 0 Å². The van der Waals surface area contributed by atoms with Gasteiger partial charge in [0, 0.05) is 58.1 Å². The number of rotatable bonds is 6. The molecule has 2 aliphatic rings. The van der Waals surface area contributed by atoms with Crippen molar-refractivity contribution in [2.75, 3.05) is 46.2 Å². The van der Waals surface area contributed by atoms with Crippen LogP contribution in [-0.2, 0) is 24.2 Å². The smallest absolute Gasteiger partial charge is 0.227 e. The van der Waals surface area contributed by atoms with Gasteiger partial charge in [-0.15, -0.1) is 0 Å². The zero-order chi connectivity index (χ0) is 20.3. The van der Waals surface area contributed by atoms with Gasteiger partial charge in [-0.2, -0.15) is 0 Å². The summed E-state index contributed by atoms with van der Waals surface area (Å²) in [4.78, 5) is 33.0. The number of methoxy groups -OCH3 is 1. The quantitative estimate of drug-likeness (QED) is 0.686. The van der Waals surface area contributed by atoms with E-state index in [4.69, 9.17) is 4.74 Å². The highest BCUT2D eigenvalue weighted by Gasteiger charge is 2.37. The lowest BCUT2D eigenvalue weighted by Crippen LogP contribution is -2.42. The number of piperidine rings is 1. The summed E-state index contributed by atoms with van der Waals surface area (Å²) in [5.41, 5.74) is 0.596. The maximum atomic E-state index is 12.8. The van der Waals surface area contributed by atoms with E-state index in [0.717, 1.165) is 0 Å². The Balaban J connectivity index is 1.61. The van der Waals surface area contributed by atoms with E-state index >= 15 is 0 Å². The molecule has 28 heavy (non-hydrogen) atoms. The minimum absolute atomic E-state index is 0.00318. The highest BCUT2D eigenvalue weighted by molar-refractivity contribution is 7.90. The summed E-state index contributed by atoms with van der Waals surface area (Å²) >= 11 is 0. The molecule has 3 rings (SSSR count). The first kappa shape index (κ1) is 20.7. The van der Waals surface area contributed by atoms with Crippen LogP contribution in [0.3, 0.4) is 0 Å². The Labute approximate surface area is 165 Å². The predicted molar refractivity (Wildman–Crippen MR) is 102 cm³/mol. The van der Waals surface area contributed by atoms with Gasteiger partial charge in [-0.05, 0) is 25.0 Å². The number of carbonyl (C=O) groups excluding carboxylic acids is 2. The van der Waals surface area contributed by atoms with E-state index in [9.17, 15) is 18.0 Å². The maximum absolute atomic E-state index is 12.8. The lowest BCUT2D eigenvalue weighted by molar-refractivity contribution is -0.136. The van der Waals surface area contributed by atoms with Gasteiger partial charge in [0.15, 0.2) is 9.84 Å². The molecule has 0 saturated carbocycles. The van der Waals surface area contributed by atoms with Crippen molar-refractivity contribution in [3.05, 3.63) is 24.0 Å². The van der Waals surface area contributed by atoms with Crippen LogP contribution in [0, 0.1) is 5.92 Å². The van der Waals surface area contributed by atoms with Crippen LogP contribution in [-0.4, -0.2) is 81.2 Å². The van der Waals surface area contributed by atoms with Gasteiger partial charge in [0.2, 0.25) is 11.8 Å². The first-order valence-electron chi connectivity index (χ1n) is 9.51. The van der Waals surface area contributed by atoms with E-state index in [1.165, 1.54) is 6.26 Å². The summed E-state index contributed by atoms with van der Waals surface area (Å²) in [6, 6.07) is 3.22. The van der Waals surface area contributed by atoms with Crippen LogP contribution in [0.1, 0.15) is 30.9 Å². The number of carbonyl (C=O) groups is 2. The Morgan fingerprint density at radius 3 is 2.68 bits per heavy atom. The number of sulfone groups is 1. The second kappa shape index (κ2) is 8.57. The Morgan fingerprint density at radius 1 is 1.32 bits per heavy atom. The lowest BCUT2D eigenvalue weighted by atomic mass is 9.92. The van der Waals surface area contributed by atoms with Crippen molar-refractivity contribution in [2.24, 2.45) is 5.92 Å². The Kier molecular flexibility index (Phi) is 6.34. The van der Waals surface area contributed by atoms with Crippen LogP contribution >= 0.6 is 0 Å². The van der Waals surface area contributed by atoms with Gasteiger partial charge in [-0.25, -0.2) is 8.42 Å². The Hall–Kier alpha value is -2.00. The number of hydrogen-bond acceptors (Lipinski definition) is 6. The third-order valence-electron chi connectivity index (χ3n) is 5.52. The van der Waals surface area contributed by atoms with E-state index < -0.39 is 9.84 Å². The van der Waals surface area contributed by atoms with Gasteiger partial charge in [-0.1, -0.05) is 0 Å². The molecule has 1 aromatic rings. The molecule has 0 bridgehead atoms. The fourth-order valence-corrected chi connectivity index (χ4v) is 4.93. The topological polar surface area (TPSA) is 96.9 Å². The van der Waals surface area contributed by atoms with Crippen LogP contribution in [0.5, 0.6) is 0 Å². The maximum Gasteiger partial charge on any atom is 0.227 e. The van der Waals surface area contributed by atoms with E-state index in [1.807, 2.05) is 0 Å². The molecular weight excluding hydrogens is 382 g/mol. The number of aromatic nitrogens is 1. The van der Waals surface area contributed by atoms with E-state index in [2.05, 4.69) is 4.98 Å². The summed E-state index contributed by atoms with van der Waals surface area (Å²) < 4.78 is 29.1. The third-order valence-corrected chi connectivity index (χ3v) is 6.67. The monoisotopic (exact) mass is 409 g/mol. The Bertz CT molecular complexity index is 834. The first-order valence-corrected chi connectivity index (χ1v) is 11.4. The summed E-state index contributed by atoms with van der Waals surface area (Å²) in [7, 11) is -1.75. The molecule has 0 aliphatic carbocycles. The minimum atomic E-state index is -3.34. The molecule has 2 saturated heterocycles. The van der Waals surface area contributed by atoms with E-state index in [0.29, 0.717) is 51.3 Å². The van der Waals surface area contributed by atoms with Gasteiger partial charge >= 0.3 is 0 Å². The fourth-order valence-electron chi connectivity index (χ4n) is 4.01. The van der Waals surface area contributed by atoms with Gasteiger partial charge in [0.05, 0.1) is 23.1 Å². The van der Waals surface area contributed by atoms with Crippen LogP contribution in [0.4, 0.5) is 0 Å². The molecule has 1 atom stereocenters. The summed E-state index contributed by atoms with van der Waals surface area (Å²) in [5.74, 6) is -0.284. The molecule has 8 nitrogen and oxygen atoms in total. The first-order chi connectivity index (χ1) is 13.3. The molecule has 2 amide bonds. The third kappa shape index (κ3) is 4.52. The SMILES string of the molecule is COCCN1CC(C(=O)N2CCC(c3ncccc3S(C)(=O)=O)CC2)CC1=O. The number of likely N-dealkylation sites (tertiary alicyclic amines) is 2. The summed E-state index contributed by atoms with van der Waals surface area (Å²) in [6.07, 6.45) is 4.39. The molecule has 1 aromatic heterocycles. The molecule has 0 spiro atoms. The van der Waals surface area contributed by atoms with E-state index in [1.54, 1.807) is 35.2 Å². The summed E-state index contributed by atoms with van der Waals surface area (Å²) in [5, 5.41) is 0. The zero-order valence-electron chi connectivity index (χ0n) is 16.3. The van der Waals surface area contributed by atoms with Crippen molar-refractivity contribution in [1.82, 2.24) is 14.8 Å². The molecule has 2 fully saturated rings. The highest BCUT2D eigenvalue weighted by Crippen LogP contribution is 2.32. The molecule has 0 N–H and O–H groups in total. The van der Waals surface area contributed by atoms with E-state index in [-0.39, 0.29) is 35.0 Å². The van der Waals surface area contributed by atoms with Crippen molar-refractivity contribution < 1.29 is 22.7 Å². The van der Waals surface area contributed by atoms with Crippen LogP contribution in [0.25, 0.3) is 0 Å². The normalized spacial score (nSPS) is 21.4. The van der Waals surface area contributed by atoms with Crippen molar-refractivity contribution >= 4 is 21.7 Å². The summed E-state index contributed by atoms with van der Waals surface area (Å²) in [6.45, 7) is 2.51. The largest absolute Gasteiger partial charge is 0.383 e. The second-order valence-corrected chi connectivity index (χ2v) is 9.48. The van der Waals surface area contributed by atoms with Gasteiger partial charge in [-0.3, -0.25) is 14.6 Å². The number of pyridine rings is 1. The van der Waals surface area contributed by atoms with Crippen LogP contribution < -0.4 is 0 Å². The van der Waals surface area contributed by atoms with Gasteiger partial charge in [0.25, 0.3) is 0 Å². The van der Waals surface area contributed by atoms with Crippen molar-refractivity contribution in [1.29, 1.82) is 0 Å².